The first kappa shape index (κ1) is 16.9. The zero-order chi connectivity index (χ0) is 18.4. The molecule has 0 aliphatic heterocycles. The van der Waals surface area contributed by atoms with Crippen LogP contribution in [0.4, 0.5) is 5.69 Å². The van der Waals surface area contributed by atoms with Crippen LogP contribution in [0.15, 0.2) is 36.5 Å². The van der Waals surface area contributed by atoms with Gasteiger partial charge in [0.25, 0.3) is 0 Å². The number of fused-ring (bicyclic) bond motifs is 2. The van der Waals surface area contributed by atoms with Crippen molar-refractivity contribution < 1.29 is 5.11 Å². The minimum atomic E-state index is 0.144. The van der Waals surface area contributed by atoms with Crippen molar-refractivity contribution in [3.05, 3.63) is 46.8 Å². The largest absolute Gasteiger partial charge is 0.494 e. The van der Waals surface area contributed by atoms with Crippen molar-refractivity contribution in [2.24, 2.45) is 0 Å². The van der Waals surface area contributed by atoms with Gasteiger partial charge in [-0.3, -0.25) is 0 Å². The number of aromatic nitrogens is 3. The van der Waals surface area contributed by atoms with E-state index in [1.165, 1.54) is 0 Å². The molecule has 5 nitrogen and oxygen atoms in total. The van der Waals surface area contributed by atoms with E-state index in [1.807, 2.05) is 37.4 Å². The summed E-state index contributed by atoms with van der Waals surface area (Å²) in [6.45, 7) is 2.74. The van der Waals surface area contributed by atoms with Gasteiger partial charge in [-0.25, -0.2) is 9.97 Å². The monoisotopic (exact) mass is 386 g/mol. The first-order chi connectivity index (χ1) is 12.5. The maximum Gasteiger partial charge on any atom is 0.202 e. The minimum absolute atomic E-state index is 0.144. The van der Waals surface area contributed by atoms with Crippen LogP contribution >= 0.6 is 23.2 Å². The molecule has 3 heterocycles. The fourth-order valence-corrected chi connectivity index (χ4v) is 3.70. The van der Waals surface area contributed by atoms with E-state index < -0.39 is 0 Å². The minimum Gasteiger partial charge on any atom is -0.494 e. The van der Waals surface area contributed by atoms with Gasteiger partial charge in [0, 0.05) is 29.3 Å². The summed E-state index contributed by atoms with van der Waals surface area (Å²) < 4.78 is 1.77. The van der Waals surface area contributed by atoms with E-state index in [4.69, 9.17) is 33.9 Å². The number of aromatic hydroxyl groups is 1. The summed E-state index contributed by atoms with van der Waals surface area (Å²) in [5, 5.41) is 12.5. The van der Waals surface area contributed by atoms with Gasteiger partial charge in [-0.1, -0.05) is 48.3 Å². The number of aryl methyl sites for hydroxylation is 1. The number of anilines is 1. The second-order valence-electron chi connectivity index (χ2n) is 6.11. The number of nitrogens with two attached hydrogens (primary N) is 1. The van der Waals surface area contributed by atoms with Crippen LogP contribution in [-0.2, 0) is 6.54 Å². The topological polar surface area (TPSA) is 77.0 Å². The molecule has 3 N–H and O–H groups in total. The van der Waals surface area contributed by atoms with Crippen molar-refractivity contribution in [1.82, 2.24) is 14.5 Å². The Morgan fingerprint density at radius 3 is 2.65 bits per heavy atom. The zero-order valence-electron chi connectivity index (χ0n) is 14.0. The summed E-state index contributed by atoms with van der Waals surface area (Å²) in [7, 11) is 0. The molecule has 0 bridgehead atoms. The second-order valence-corrected chi connectivity index (χ2v) is 6.85. The molecule has 0 aliphatic carbocycles. The highest BCUT2D eigenvalue weighted by Gasteiger charge is 2.18. The van der Waals surface area contributed by atoms with Gasteiger partial charge in [0.2, 0.25) is 5.88 Å². The van der Waals surface area contributed by atoms with Crippen LogP contribution in [0.1, 0.15) is 13.3 Å². The average Bonchev–Trinajstić information content (AvgIpc) is 2.91. The Kier molecular flexibility index (Phi) is 4.13. The molecule has 1 aromatic carbocycles. The molecule has 4 aromatic rings. The molecule has 0 radical (unpaired) electrons. The van der Waals surface area contributed by atoms with Gasteiger partial charge in [-0.15, -0.1) is 0 Å². The lowest BCUT2D eigenvalue weighted by atomic mass is 10.0. The Balaban J connectivity index is 2.06. The first-order valence-electron chi connectivity index (χ1n) is 8.23. The molecular weight excluding hydrogens is 371 g/mol. The van der Waals surface area contributed by atoms with Crippen LogP contribution < -0.4 is 5.73 Å². The first-order valence-corrected chi connectivity index (χ1v) is 8.99. The van der Waals surface area contributed by atoms with Crippen molar-refractivity contribution in [3.63, 3.8) is 0 Å². The summed E-state index contributed by atoms with van der Waals surface area (Å²) in [4.78, 5) is 8.87. The Labute approximate surface area is 160 Å². The lowest BCUT2D eigenvalue weighted by molar-refractivity contribution is 0.421. The number of nitrogen functional groups attached to an aromatic ring is 1. The normalized spacial score (nSPS) is 11.5. The molecule has 4 rings (SSSR count). The molecule has 0 atom stereocenters. The van der Waals surface area contributed by atoms with Gasteiger partial charge in [-0.2, -0.15) is 0 Å². The SMILES string of the molecule is CCCn1cc2nc3c(-c4ccc(Cl)nc4Cl)cccc3c(N)c2c1O. The van der Waals surface area contributed by atoms with Crippen molar-refractivity contribution in [3.8, 4) is 17.0 Å². The van der Waals surface area contributed by atoms with E-state index in [-0.39, 0.29) is 5.88 Å². The van der Waals surface area contributed by atoms with E-state index in [0.29, 0.717) is 39.0 Å². The smallest absolute Gasteiger partial charge is 0.202 e. The van der Waals surface area contributed by atoms with Crippen LogP contribution in [0.3, 0.4) is 0 Å². The van der Waals surface area contributed by atoms with Gasteiger partial charge in [0.1, 0.15) is 10.3 Å². The summed E-state index contributed by atoms with van der Waals surface area (Å²) in [5.41, 5.74) is 9.78. The van der Waals surface area contributed by atoms with Gasteiger partial charge in [-0.05, 0) is 18.6 Å². The van der Waals surface area contributed by atoms with Crippen LogP contribution in [0.5, 0.6) is 5.88 Å². The summed E-state index contributed by atoms with van der Waals surface area (Å²) >= 11 is 12.2. The Bertz CT molecular complexity index is 1150. The van der Waals surface area contributed by atoms with Crippen molar-refractivity contribution in [2.45, 2.75) is 19.9 Å². The van der Waals surface area contributed by atoms with Crippen LogP contribution in [-0.4, -0.2) is 19.6 Å². The third-order valence-electron chi connectivity index (χ3n) is 4.43. The highest BCUT2D eigenvalue weighted by atomic mass is 35.5. The summed E-state index contributed by atoms with van der Waals surface area (Å²) in [6, 6.07) is 9.18. The molecule has 132 valence electrons. The second kappa shape index (κ2) is 6.34. The molecule has 0 saturated heterocycles. The van der Waals surface area contributed by atoms with Crippen LogP contribution in [0, 0.1) is 0 Å². The molecule has 7 heteroatoms. The number of hydrogen-bond acceptors (Lipinski definition) is 4. The van der Waals surface area contributed by atoms with E-state index in [9.17, 15) is 5.11 Å². The van der Waals surface area contributed by atoms with Crippen LogP contribution in [0.2, 0.25) is 10.3 Å². The molecule has 0 aliphatic rings. The Hall–Kier alpha value is -2.50. The van der Waals surface area contributed by atoms with E-state index in [0.717, 1.165) is 22.9 Å². The molecule has 3 aromatic heterocycles. The molecule has 26 heavy (non-hydrogen) atoms. The summed E-state index contributed by atoms with van der Waals surface area (Å²) in [6.07, 6.45) is 2.72. The molecular formula is C19H16Cl2N4O. The van der Waals surface area contributed by atoms with Gasteiger partial charge >= 0.3 is 0 Å². The number of benzene rings is 1. The van der Waals surface area contributed by atoms with Crippen LogP contribution in [0.25, 0.3) is 32.9 Å². The number of hydrogen-bond donors (Lipinski definition) is 2. The average molecular weight is 387 g/mol. The van der Waals surface area contributed by atoms with Gasteiger partial charge < -0.3 is 15.4 Å². The third kappa shape index (κ3) is 2.55. The number of halogens is 2. The molecule has 0 saturated carbocycles. The van der Waals surface area contributed by atoms with Crippen molar-refractivity contribution >= 4 is 50.7 Å². The standard InChI is InChI=1S/C19H16Cl2N4O/c1-2-8-25-9-13-15(19(25)26)16(22)12-5-3-4-10(17(12)23-13)11-6-7-14(20)24-18(11)21/h3-7,9,26H,2,8,22H2,1H3. The lowest BCUT2D eigenvalue weighted by Crippen LogP contribution is -1.94. The predicted molar refractivity (Wildman–Crippen MR) is 107 cm³/mol. The number of para-hydroxylation sites is 1. The molecule has 0 spiro atoms. The van der Waals surface area contributed by atoms with Crippen molar-refractivity contribution in [2.75, 3.05) is 5.73 Å². The maximum atomic E-state index is 10.5. The maximum absolute atomic E-state index is 10.5. The predicted octanol–water partition coefficient (Wildman–Crippen LogP) is 5.26. The van der Waals surface area contributed by atoms with Crippen molar-refractivity contribution in [1.29, 1.82) is 0 Å². The highest BCUT2D eigenvalue weighted by molar-refractivity contribution is 6.34. The zero-order valence-corrected chi connectivity index (χ0v) is 15.5. The van der Waals surface area contributed by atoms with Gasteiger partial charge in [0.05, 0.1) is 22.1 Å². The molecule has 0 amide bonds. The fourth-order valence-electron chi connectivity index (χ4n) is 3.25. The van der Waals surface area contributed by atoms with Gasteiger partial charge in [0.15, 0.2) is 0 Å². The molecule has 0 fully saturated rings. The Morgan fingerprint density at radius 1 is 1.12 bits per heavy atom. The van der Waals surface area contributed by atoms with E-state index >= 15 is 0 Å². The fraction of sp³-hybridized carbons (Fsp3) is 0.158. The van der Waals surface area contributed by atoms with E-state index in [2.05, 4.69) is 4.98 Å². The summed E-state index contributed by atoms with van der Waals surface area (Å²) in [5.74, 6) is 0.144. The molecule has 0 unspecified atom stereocenters. The number of rotatable bonds is 3. The number of nitrogens with zero attached hydrogens (tertiary/aromatic N) is 3. The number of pyridine rings is 2. The Morgan fingerprint density at radius 2 is 1.92 bits per heavy atom. The third-order valence-corrected chi connectivity index (χ3v) is 4.93. The highest BCUT2D eigenvalue weighted by Crippen LogP contribution is 2.40. The lowest BCUT2D eigenvalue weighted by Gasteiger charge is -2.10. The quantitative estimate of drug-likeness (QED) is 0.471. The van der Waals surface area contributed by atoms with E-state index in [1.54, 1.807) is 10.6 Å².